The van der Waals surface area contributed by atoms with Crippen LogP contribution in [0, 0.1) is 6.92 Å². The first kappa shape index (κ1) is 24.3. The van der Waals surface area contributed by atoms with Gasteiger partial charge in [0.15, 0.2) is 17.3 Å². The van der Waals surface area contributed by atoms with E-state index < -0.39 is 28.5 Å². The summed E-state index contributed by atoms with van der Waals surface area (Å²) in [7, 11) is 1.58. The number of allylic oxidation sites excluding steroid dienone is 4. The van der Waals surface area contributed by atoms with Gasteiger partial charge in [0.2, 0.25) is 0 Å². The number of fused-ring (bicyclic) bond motifs is 4. The smallest absolute Gasteiger partial charge is 0.194 e. The summed E-state index contributed by atoms with van der Waals surface area (Å²) < 4.78 is 10.9. The molecular weight excluding hydrogens is 478 g/mol. The fraction of sp³-hybridized carbons (Fsp3) is 0.259. The van der Waals surface area contributed by atoms with Gasteiger partial charge >= 0.3 is 0 Å². The average Bonchev–Trinajstić information content (AvgIpc) is 3.36. The SMILES string of the molecule is COCc1nc2ccc(NC(C)=C3C(=O)C=C4Oc5c(C(C)=O)c(O)c(C)c(O)c5C4(C)C3=O)cc2[nH]1. The first-order chi connectivity index (χ1) is 17.5. The van der Waals surface area contributed by atoms with Crippen LogP contribution in [0.3, 0.4) is 0 Å². The second-order valence-corrected chi connectivity index (χ2v) is 9.36. The molecule has 0 radical (unpaired) electrons. The molecule has 37 heavy (non-hydrogen) atoms. The number of phenolic OH excluding ortho intramolecular Hbond substituents is 2. The third-order valence-electron chi connectivity index (χ3n) is 6.90. The van der Waals surface area contributed by atoms with Gasteiger partial charge in [-0.05, 0) is 45.9 Å². The van der Waals surface area contributed by atoms with Crippen LogP contribution >= 0.6 is 0 Å². The Morgan fingerprint density at radius 3 is 2.62 bits per heavy atom. The van der Waals surface area contributed by atoms with Crippen LogP contribution in [0.1, 0.15) is 48.1 Å². The number of aromatic nitrogens is 2. The second kappa shape index (κ2) is 8.31. The number of methoxy groups -OCH3 is 1. The van der Waals surface area contributed by atoms with E-state index in [0.717, 1.165) is 11.0 Å². The molecule has 1 atom stereocenters. The number of phenols is 2. The number of aromatic hydroxyl groups is 2. The van der Waals surface area contributed by atoms with Gasteiger partial charge < -0.3 is 30.0 Å². The van der Waals surface area contributed by atoms with Crippen LogP contribution in [0.4, 0.5) is 5.69 Å². The molecule has 0 bridgehead atoms. The summed E-state index contributed by atoms with van der Waals surface area (Å²) in [6.45, 7) is 6.15. The first-order valence-corrected chi connectivity index (χ1v) is 11.5. The summed E-state index contributed by atoms with van der Waals surface area (Å²) in [6, 6.07) is 5.37. The number of hydrogen-bond acceptors (Lipinski definition) is 9. The fourth-order valence-corrected chi connectivity index (χ4v) is 4.99. The van der Waals surface area contributed by atoms with Crippen LogP contribution in [0.25, 0.3) is 11.0 Å². The maximum Gasteiger partial charge on any atom is 0.194 e. The standard InChI is InChI=1S/C27H25N3O7/c1-11-23(33)21(13(3)31)25-22(24(11)34)27(4)18(37-25)9-17(32)20(26(27)35)12(2)28-14-6-7-15-16(8-14)30-19(29-15)10-36-5/h6-9,28,33-34H,10H2,1-5H3,(H,29,30). The van der Waals surface area contributed by atoms with Gasteiger partial charge in [-0.1, -0.05) is 0 Å². The Hall–Kier alpha value is -4.44. The number of carbonyl (C=O) groups excluding carboxylic acids is 3. The summed E-state index contributed by atoms with van der Waals surface area (Å²) in [4.78, 5) is 46.9. The zero-order valence-electron chi connectivity index (χ0n) is 20.9. The van der Waals surface area contributed by atoms with E-state index in [9.17, 15) is 24.6 Å². The highest BCUT2D eigenvalue weighted by atomic mass is 16.5. The number of benzene rings is 2. The number of imidazole rings is 1. The summed E-state index contributed by atoms with van der Waals surface area (Å²) >= 11 is 0. The van der Waals surface area contributed by atoms with Gasteiger partial charge in [-0.3, -0.25) is 14.4 Å². The number of rotatable bonds is 5. The second-order valence-electron chi connectivity index (χ2n) is 9.36. The molecule has 4 N–H and O–H groups in total. The molecule has 10 nitrogen and oxygen atoms in total. The third kappa shape index (κ3) is 3.44. The van der Waals surface area contributed by atoms with E-state index in [4.69, 9.17) is 9.47 Å². The molecule has 3 aromatic rings. The van der Waals surface area contributed by atoms with Crippen LogP contribution in [0.2, 0.25) is 0 Å². The van der Waals surface area contributed by atoms with Gasteiger partial charge in [0, 0.05) is 30.1 Å². The molecule has 0 saturated carbocycles. The van der Waals surface area contributed by atoms with E-state index in [2.05, 4.69) is 15.3 Å². The number of hydrogen-bond donors (Lipinski definition) is 4. The van der Waals surface area contributed by atoms with E-state index in [0.29, 0.717) is 23.8 Å². The average molecular weight is 504 g/mol. The Kier molecular flexibility index (Phi) is 5.45. The van der Waals surface area contributed by atoms with E-state index in [1.807, 2.05) is 0 Å². The van der Waals surface area contributed by atoms with Crippen molar-refractivity contribution >= 4 is 34.1 Å². The molecule has 10 heteroatoms. The number of Topliss-reactive ketones (excluding diaryl/α,β-unsaturated/α-hetero) is 2. The van der Waals surface area contributed by atoms with Crippen molar-refractivity contribution < 1.29 is 34.1 Å². The van der Waals surface area contributed by atoms with Crippen LogP contribution in [0.15, 0.2) is 41.3 Å². The van der Waals surface area contributed by atoms with Crippen molar-refractivity contribution in [2.24, 2.45) is 0 Å². The van der Waals surface area contributed by atoms with Crippen molar-refractivity contribution in [1.29, 1.82) is 0 Å². The van der Waals surface area contributed by atoms with Crippen LogP contribution in [-0.4, -0.2) is 44.6 Å². The number of aromatic amines is 1. The summed E-state index contributed by atoms with van der Waals surface area (Å²) in [5.74, 6) is -1.94. The van der Waals surface area contributed by atoms with Crippen molar-refractivity contribution in [3.05, 3.63) is 63.8 Å². The maximum atomic E-state index is 13.9. The van der Waals surface area contributed by atoms with Crippen molar-refractivity contribution in [2.45, 2.75) is 39.7 Å². The highest BCUT2D eigenvalue weighted by molar-refractivity contribution is 6.31. The molecule has 1 aromatic heterocycles. The molecule has 2 aromatic carbocycles. The maximum absolute atomic E-state index is 13.9. The predicted molar refractivity (Wildman–Crippen MR) is 134 cm³/mol. The largest absolute Gasteiger partial charge is 0.507 e. The van der Waals surface area contributed by atoms with Gasteiger partial charge in [-0.2, -0.15) is 0 Å². The Morgan fingerprint density at radius 2 is 1.95 bits per heavy atom. The molecule has 0 fully saturated rings. The minimum atomic E-state index is -1.57. The lowest BCUT2D eigenvalue weighted by molar-refractivity contribution is -0.123. The lowest BCUT2D eigenvalue weighted by Crippen LogP contribution is -2.40. The molecule has 0 saturated heterocycles. The fourth-order valence-electron chi connectivity index (χ4n) is 4.99. The summed E-state index contributed by atoms with van der Waals surface area (Å²) in [5.41, 5.74) is 0.672. The Labute approximate surface area is 211 Å². The molecule has 2 aliphatic rings. The normalized spacial score (nSPS) is 19.9. The zero-order valence-corrected chi connectivity index (χ0v) is 20.9. The van der Waals surface area contributed by atoms with Gasteiger partial charge in [0.25, 0.3) is 0 Å². The third-order valence-corrected chi connectivity index (χ3v) is 6.90. The Balaban J connectivity index is 1.60. The van der Waals surface area contributed by atoms with Gasteiger partial charge in [-0.15, -0.1) is 0 Å². The van der Waals surface area contributed by atoms with Crippen molar-refractivity contribution in [1.82, 2.24) is 9.97 Å². The van der Waals surface area contributed by atoms with E-state index in [1.54, 1.807) is 32.2 Å². The first-order valence-electron chi connectivity index (χ1n) is 11.5. The minimum Gasteiger partial charge on any atom is -0.507 e. The number of nitrogens with one attached hydrogen (secondary N) is 2. The highest BCUT2D eigenvalue weighted by Crippen LogP contribution is 2.57. The summed E-state index contributed by atoms with van der Waals surface area (Å²) in [5, 5.41) is 24.5. The molecule has 1 aliphatic heterocycles. The molecule has 190 valence electrons. The van der Waals surface area contributed by atoms with Crippen molar-refractivity contribution in [3.8, 4) is 17.2 Å². The van der Waals surface area contributed by atoms with Gasteiger partial charge in [-0.25, -0.2) is 4.98 Å². The predicted octanol–water partition coefficient (Wildman–Crippen LogP) is 3.70. The van der Waals surface area contributed by atoms with Crippen molar-refractivity contribution in [3.63, 3.8) is 0 Å². The van der Waals surface area contributed by atoms with Crippen molar-refractivity contribution in [2.75, 3.05) is 12.4 Å². The Bertz CT molecular complexity index is 1610. The van der Waals surface area contributed by atoms with Gasteiger partial charge in [0.1, 0.15) is 46.4 Å². The van der Waals surface area contributed by atoms with E-state index in [1.165, 1.54) is 26.8 Å². The van der Waals surface area contributed by atoms with Crippen LogP contribution in [0.5, 0.6) is 17.2 Å². The zero-order chi connectivity index (χ0) is 26.8. The molecule has 5 rings (SSSR count). The minimum absolute atomic E-state index is 0.0126. The molecule has 2 heterocycles. The number of ether oxygens (including phenoxy) is 2. The number of carbonyl (C=O) groups is 3. The quantitative estimate of drug-likeness (QED) is 0.232. The molecular formula is C27H25N3O7. The summed E-state index contributed by atoms with van der Waals surface area (Å²) in [6.07, 6.45) is 1.19. The highest BCUT2D eigenvalue weighted by Gasteiger charge is 2.56. The van der Waals surface area contributed by atoms with Crippen LogP contribution < -0.4 is 10.1 Å². The molecule has 1 unspecified atom stereocenters. The van der Waals surface area contributed by atoms with Crippen LogP contribution in [-0.2, 0) is 26.3 Å². The lowest BCUT2D eigenvalue weighted by atomic mass is 9.70. The Morgan fingerprint density at radius 1 is 1.22 bits per heavy atom. The van der Waals surface area contributed by atoms with E-state index in [-0.39, 0.29) is 39.5 Å². The molecule has 0 amide bonds. The van der Waals surface area contributed by atoms with E-state index >= 15 is 0 Å². The topological polar surface area (TPSA) is 151 Å². The number of nitrogens with zero attached hydrogens (tertiary/aromatic N) is 1. The molecule has 0 spiro atoms. The number of ketones is 3. The van der Waals surface area contributed by atoms with Gasteiger partial charge in [0.05, 0.1) is 22.2 Å². The monoisotopic (exact) mass is 503 g/mol. The number of H-pyrrole nitrogens is 1. The molecule has 1 aliphatic carbocycles. The number of anilines is 1. The lowest BCUT2D eigenvalue weighted by Gasteiger charge is -2.29.